The smallest absolute Gasteiger partial charge is 0.423 e. The van der Waals surface area contributed by atoms with Crippen LogP contribution in [0.25, 0.3) is 0 Å². The molecule has 2 heterocycles. The lowest BCUT2D eigenvalue weighted by Gasteiger charge is -2.10. The Bertz CT molecular complexity index is 1190. The molecule has 0 amide bonds. The number of carbonyl (C=O) groups is 1. The van der Waals surface area contributed by atoms with E-state index in [1.807, 2.05) is 0 Å². The Morgan fingerprint density at radius 3 is 2.42 bits per heavy atom. The van der Waals surface area contributed by atoms with E-state index in [1.165, 1.54) is 0 Å². The highest BCUT2D eigenvalue weighted by atomic mass is 32.1. The van der Waals surface area contributed by atoms with Crippen molar-refractivity contribution < 1.29 is 32.4 Å². The number of nitro benzene ring substituents is 1. The zero-order chi connectivity index (χ0) is 24.3. The molecule has 0 radical (unpaired) electrons. The molecule has 2 aromatic heterocycles. The van der Waals surface area contributed by atoms with Crippen LogP contribution in [0.3, 0.4) is 0 Å². The Balaban J connectivity index is 1.99. The van der Waals surface area contributed by atoms with Gasteiger partial charge >= 0.3 is 12.1 Å². The first kappa shape index (κ1) is 23.8. The van der Waals surface area contributed by atoms with E-state index in [4.69, 9.17) is 9.47 Å². The number of hydrogen-bond donors (Lipinski definition) is 1. The van der Waals surface area contributed by atoms with E-state index in [0.29, 0.717) is 23.5 Å². The molecule has 33 heavy (non-hydrogen) atoms. The third kappa shape index (κ3) is 5.71. The van der Waals surface area contributed by atoms with Gasteiger partial charge in [-0.3, -0.25) is 15.4 Å². The SMILES string of the molecule is CCOC(=O)c1sc(Nc2nc(C)cc(C)n2)nc1Oc1ccc([N+](=O)[O-])c(C(F)(F)F)c1. The van der Waals surface area contributed by atoms with Crippen LogP contribution < -0.4 is 10.1 Å². The van der Waals surface area contributed by atoms with E-state index in [9.17, 15) is 28.1 Å². The van der Waals surface area contributed by atoms with Gasteiger partial charge in [0.05, 0.1) is 11.5 Å². The van der Waals surface area contributed by atoms with Gasteiger partial charge in [0.15, 0.2) is 10.0 Å². The Kier molecular flexibility index (Phi) is 6.76. The number of thiazole rings is 1. The van der Waals surface area contributed by atoms with Gasteiger partial charge in [-0.25, -0.2) is 14.8 Å². The molecule has 14 heteroatoms. The van der Waals surface area contributed by atoms with Crippen LogP contribution in [0.15, 0.2) is 24.3 Å². The van der Waals surface area contributed by atoms with E-state index in [0.717, 1.165) is 17.4 Å². The maximum Gasteiger partial charge on any atom is 0.423 e. The second kappa shape index (κ2) is 9.36. The summed E-state index contributed by atoms with van der Waals surface area (Å²) < 4.78 is 50.2. The first-order valence-corrected chi connectivity index (χ1v) is 10.1. The van der Waals surface area contributed by atoms with Gasteiger partial charge in [-0.05, 0) is 32.9 Å². The number of nitrogens with zero attached hydrogens (tertiary/aromatic N) is 4. The van der Waals surface area contributed by atoms with Crippen LogP contribution >= 0.6 is 11.3 Å². The molecule has 0 aliphatic heterocycles. The van der Waals surface area contributed by atoms with E-state index < -0.39 is 34.1 Å². The largest absolute Gasteiger partial charge is 0.462 e. The molecule has 0 bridgehead atoms. The Hall–Kier alpha value is -3.81. The molecule has 0 spiro atoms. The van der Waals surface area contributed by atoms with Gasteiger partial charge in [-0.1, -0.05) is 11.3 Å². The quantitative estimate of drug-likeness (QED) is 0.274. The predicted octanol–water partition coefficient (Wildman–Crippen LogP) is 5.19. The van der Waals surface area contributed by atoms with Crippen LogP contribution in [0, 0.1) is 24.0 Å². The highest BCUT2D eigenvalue weighted by Gasteiger charge is 2.39. The second-order valence-corrected chi connectivity index (χ2v) is 7.51. The number of halogens is 3. The molecule has 10 nitrogen and oxygen atoms in total. The molecule has 1 aromatic carbocycles. The lowest BCUT2D eigenvalue weighted by molar-refractivity contribution is -0.388. The summed E-state index contributed by atoms with van der Waals surface area (Å²) in [5, 5.41) is 13.9. The number of anilines is 2. The van der Waals surface area contributed by atoms with E-state index in [1.54, 1.807) is 26.8 Å². The molecule has 1 N–H and O–H groups in total. The Morgan fingerprint density at radius 1 is 1.18 bits per heavy atom. The molecule has 3 rings (SSSR count). The number of esters is 1. The molecule has 0 saturated carbocycles. The van der Waals surface area contributed by atoms with Gasteiger partial charge in [-0.2, -0.15) is 18.2 Å². The van der Waals surface area contributed by atoms with Gasteiger partial charge in [0.1, 0.15) is 11.3 Å². The van der Waals surface area contributed by atoms with E-state index >= 15 is 0 Å². The van der Waals surface area contributed by atoms with E-state index in [2.05, 4.69) is 20.3 Å². The summed E-state index contributed by atoms with van der Waals surface area (Å²) in [5.74, 6) is -1.36. The number of benzene rings is 1. The molecule has 0 saturated heterocycles. The minimum atomic E-state index is -5.00. The molecular formula is C19H16F3N5O5S. The molecule has 0 fully saturated rings. The molecule has 174 valence electrons. The van der Waals surface area contributed by atoms with E-state index in [-0.39, 0.29) is 28.4 Å². The fraction of sp³-hybridized carbons (Fsp3) is 0.263. The average Bonchev–Trinajstić information content (AvgIpc) is 3.08. The molecule has 0 atom stereocenters. The summed E-state index contributed by atoms with van der Waals surface area (Å²) in [6, 6.07) is 3.85. The number of nitrogens with one attached hydrogen (secondary N) is 1. The lowest BCUT2D eigenvalue weighted by atomic mass is 10.1. The number of ether oxygens (including phenoxy) is 2. The normalized spacial score (nSPS) is 11.2. The molecule has 3 aromatic rings. The van der Waals surface area contributed by atoms with Crippen LogP contribution in [0.2, 0.25) is 0 Å². The average molecular weight is 483 g/mol. The monoisotopic (exact) mass is 483 g/mol. The first-order valence-electron chi connectivity index (χ1n) is 9.28. The summed E-state index contributed by atoms with van der Waals surface area (Å²) in [6.07, 6.45) is -5.00. The Labute approximate surface area is 188 Å². The third-order valence-electron chi connectivity index (χ3n) is 3.94. The number of aryl methyl sites for hydroxylation is 2. The van der Waals surface area contributed by atoms with Crippen LogP contribution in [-0.4, -0.2) is 32.5 Å². The summed E-state index contributed by atoms with van der Waals surface area (Å²) in [5.41, 5.74) is -1.28. The number of alkyl halides is 3. The van der Waals surface area contributed by atoms with Crippen molar-refractivity contribution >= 4 is 34.1 Å². The minimum absolute atomic E-state index is 0.0366. The van der Waals surface area contributed by atoms with Crippen LogP contribution in [-0.2, 0) is 10.9 Å². The van der Waals surface area contributed by atoms with Crippen LogP contribution in [0.4, 0.5) is 29.9 Å². The zero-order valence-corrected chi connectivity index (χ0v) is 18.2. The van der Waals surface area contributed by atoms with Gasteiger partial charge < -0.3 is 9.47 Å². The second-order valence-electron chi connectivity index (χ2n) is 6.51. The maximum atomic E-state index is 13.3. The number of rotatable bonds is 7. The first-order chi connectivity index (χ1) is 15.5. The molecule has 0 unspecified atom stereocenters. The molecule has 0 aliphatic rings. The third-order valence-corrected chi connectivity index (χ3v) is 4.87. The van der Waals surface area contributed by atoms with Crippen LogP contribution in [0.1, 0.15) is 33.5 Å². The molecular weight excluding hydrogens is 467 g/mol. The Morgan fingerprint density at radius 2 is 1.85 bits per heavy atom. The summed E-state index contributed by atoms with van der Waals surface area (Å²) in [6.45, 7) is 5.13. The van der Waals surface area contributed by atoms with Crippen molar-refractivity contribution in [1.29, 1.82) is 0 Å². The van der Waals surface area contributed by atoms with Crippen molar-refractivity contribution in [3.05, 3.63) is 56.2 Å². The summed E-state index contributed by atoms with van der Waals surface area (Å²) in [4.78, 5) is 34.5. The topological polar surface area (TPSA) is 129 Å². The number of hydrogen-bond acceptors (Lipinski definition) is 10. The number of nitro groups is 1. The maximum absolute atomic E-state index is 13.3. The van der Waals surface area contributed by atoms with Gasteiger partial charge in [0, 0.05) is 23.5 Å². The van der Waals surface area contributed by atoms with Crippen molar-refractivity contribution in [3.63, 3.8) is 0 Å². The zero-order valence-electron chi connectivity index (χ0n) is 17.4. The van der Waals surface area contributed by atoms with Crippen molar-refractivity contribution in [1.82, 2.24) is 15.0 Å². The van der Waals surface area contributed by atoms with Gasteiger partial charge in [0.25, 0.3) is 5.69 Å². The van der Waals surface area contributed by atoms with Crippen molar-refractivity contribution in [2.24, 2.45) is 0 Å². The standard InChI is InChI=1S/C19H16F3N5O5S/c1-4-31-16(28)14-15(25-18(33-14)26-17-23-9(2)7-10(3)24-17)32-11-5-6-13(27(29)30)12(8-11)19(20,21)22/h5-8H,4H2,1-3H3,(H,23,24,25,26). The van der Waals surface area contributed by atoms with Crippen LogP contribution in [0.5, 0.6) is 11.6 Å². The van der Waals surface area contributed by atoms with Gasteiger partial charge in [0.2, 0.25) is 11.8 Å². The minimum Gasteiger partial charge on any atom is -0.462 e. The molecule has 0 aliphatic carbocycles. The van der Waals surface area contributed by atoms with Crippen molar-refractivity contribution in [2.75, 3.05) is 11.9 Å². The number of aromatic nitrogens is 3. The van der Waals surface area contributed by atoms with Gasteiger partial charge in [-0.15, -0.1) is 0 Å². The van der Waals surface area contributed by atoms with Crippen molar-refractivity contribution in [3.8, 4) is 11.6 Å². The fourth-order valence-electron chi connectivity index (χ4n) is 2.71. The summed E-state index contributed by atoms with van der Waals surface area (Å²) in [7, 11) is 0. The summed E-state index contributed by atoms with van der Waals surface area (Å²) >= 11 is 0.819. The predicted molar refractivity (Wildman–Crippen MR) is 111 cm³/mol. The number of carbonyl (C=O) groups excluding carboxylic acids is 1. The van der Waals surface area contributed by atoms with Crippen molar-refractivity contribution in [2.45, 2.75) is 26.9 Å². The highest BCUT2D eigenvalue weighted by molar-refractivity contribution is 7.17. The highest BCUT2D eigenvalue weighted by Crippen LogP contribution is 2.40. The fourth-order valence-corrected chi connectivity index (χ4v) is 3.49. The lowest BCUT2D eigenvalue weighted by Crippen LogP contribution is -2.09.